The van der Waals surface area contributed by atoms with E-state index in [1.54, 1.807) is 18.2 Å². The molecule has 0 spiro atoms. The average Bonchev–Trinajstić information content (AvgIpc) is 2.76. The molecule has 0 saturated carbocycles. The number of benzene rings is 2. The third-order valence-corrected chi connectivity index (χ3v) is 4.02. The first-order chi connectivity index (χ1) is 14.5. The van der Waals surface area contributed by atoms with Crippen LogP contribution < -0.4 is 9.47 Å². The van der Waals surface area contributed by atoms with E-state index in [1.807, 2.05) is 0 Å². The van der Waals surface area contributed by atoms with Crippen molar-refractivity contribution in [1.82, 2.24) is 0 Å². The Morgan fingerprint density at radius 3 is 2.40 bits per heavy atom. The molecule has 0 fully saturated rings. The highest BCUT2D eigenvalue weighted by Crippen LogP contribution is 2.28. The Balaban J connectivity index is 2.14. The van der Waals surface area contributed by atoms with Gasteiger partial charge in [0.2, 0.25) is 6.10 Å². The van der Waals surface area contributed by atoms with Crippen molar-refractivity contribution >= 4 is 18.0 Å². The molecule has 0 amide bonds. The predicted octanol–water partition coefficient (Wildman–Crippen LogP) is 3.74. The highest BCUT2D eigenvalue weighted by atomic mass is 19.1. The molecule has 2 aromatic carbocycles. The fraction of sp³-hybridized carbons (Fsp3) is 0.217. The molecule has 0 aromatic heterocycles. The molecule has 0 bridgehead atoms. The van der Waals surface area contributed by atoms with Crippen molar-refractivity contribution in [1.29, 1.82) is 0 Å². The molecule has 7 heteroatoms. The Bertz CT molecular complexity index is 904. The molecule has 0 N–H and O–H groups in total. The van der Waals surface area contributed by atoms with Gasteiger partial charge in [-0.15, -0.1) is 0 Å². The molecule has 1 atom stereocenters. The highest BCUT2D eigenvalue weighted by molar-refractivity contribution is 5.89. The van der Waals surface area contributed by atoms with Crippen LogP contribution in [-0.4, -0.2) is 38.9 Å². The van der Waals surface area contributed by atoms with Gasteiger partial charge in [0.1, 0.15) is 12.4 Å². The lowest BCUT2D eigenvalue weighted by Crippen LogP contribution is -2.31. The Morgan fingerprint density at radius 2 is 1.77 bits per heavy atom. The summed E-state index contributed by atoms with van der Waals surface area (Å²) < 4.78 is 33.8. The lowest BCUT2D eigenvalue weighted by atomic mass is 10.1. The van der Waals surface area contributed by atoms with Crippen molar-refractivity contribution in [3.63, 3.8) is 0 Å². The van der Waals surface area contributed by atoms with Gasteiger partial charge in [0, 0.05) is 12.5 Å². The molecule has 1 unspecified atom stereocenters. The highest BCUT2D eigenvalue weighted by Gasteiger charge is 2.24. The van der Waals surface area contributed by atoms with Crippen molar-refractivity contribution in [2.75, 3.05) is 20.8 Å². The predicted molar refractivity (Wildman–Crippen MR) is 110 cm³/mol. The summed E-state index contributed by atoms with van der Waals surface area (Å²) in [7, 11) is 3.01. The van der Waals surface area contributed by atoms with Crippen LogP contribution in [-0.2, 0) is 25.5 Å². The smallest absolute Gasteiger partial charge is 0.348 e. The first-order valence-corrected chi connectivity index (χ1v) is 9.09. The quantitative estimate of drug-likeness (QED) is 0.335. The zero-order valence-corrected chi connectivity index (χ0v) is 16.8. The molecule has 0 aliphatic heterocycles. The minimum absolute atomic E-state index is 0.00969. The van der Waals surface area contributed by atoms with Gasteiger partial charge in [0.15, 0.2) is 11.5 Å². The zero-order chi connectivity index (χ0) is 21.9. The molecule has 0 heterocycles. The Morgan fingerprint density at radius 1 is 1.07 bits per heavy atom. The first kappa shape index (κ1) is 22.7. The van der Waals surface area contributed by atoms with Gasteiger partial charge in [-0.2, -0.15) is 0 Å². The van der Waals surface area contributed by atoms with Gasteiger partial charge >= 0.3 is 11.9 Å². The van der Waals surface area contributed by atoms with E-state index in [9.17, 15) is 14.0 Å². The average molecular weight is 414 g/mol. The molecule has 2 aromatic rings. The Hall–Kier alpha value is -3.61. The van der Waals surface area contributed by atoms with Gasteiger partial charge in [0.05, 0.1) is 14.2 Å². The minimum Gasteiger partial charge on any atom is -0.493 e. The zero-order valence-electron chi connectivity index (χ0n) is 16.8. The molecule has 6 nitrogen and oxygen atoms in total. The van der Waals surface area contributed by atoms with E-state index >= 15 is 0 Å². The number of hydrogen-bond donors (Lipinski definition) is 0. The van der Waals surface area contributed by atoms with Crippen LogP contribution in [0.25, 0.3) is 6.08 Å². The van der Waals surface area contributed by atoms with E-state index in [-0.39, 0.29) is 18.8 Å². The lowest BCUT2D eigenvalue weighted by Gasteiger charge is -2.17. The van der Waals surface area contributed by atoms with Crippen LogP contribution in [0, 0.1) is 5.82 Å². The van der Waals surface area contributed by atoms with E-state index < -0.39 is 18.0 Å². The van der Waals surface area contributed by atoms with Crippen LogP contribution in [0.1, 0.15) is 11.1 Å². The first-order valence-electron chi connectivity index (χ1n) is 9.09. The van der Waals surface area contributed by atoms with Gasteiger partial charge in [0.25, 0.3) is 0 Å². The number of methoxy groups -OCH3 is 2. The molecular weight excluding hydrogens is 391 g/mol. The molecule has 0 radical (unpaired) electrons. The van der Waals surface area contributed by atoms with E-state index in [2.05, 4.69) is 6.58 Å². The number of ether oxygens (including phenoxy) is 4. The van der Waals surface area contributed by atoms with Gasteiger partial charge < -0.3 is 18.9 Å². The second-order valence-electron chi connectivity index (χ2n) is 6.12. The lowest BCUT2D eigenvalue weighted by molar-refractivity contribution is -0.164. The summed E-state index contributed by atoms with van der Waals surface area (Å²) >= 11 is 0. The number of carbonyl (C=O) groups is 2. The second-order valence-corrected chi connectivity index (χ2v) is 6.12. The van der Waals surface area contributed by atoms with Crippen molar-refractivity contribution < 1.29 is 32.9 Å². The van der Waals surface area contributed by atoms with Crippen LogP contribution in [0.4, 0.5) is 4.39 Å². The van der Waals surface area contributed by atoms with Crippen molar-refractivity contribution in [2.24, 2.45) is 0 Å². The molecule has 30 heavy (non-hydrogen) atoms. The molecule has 158 valence electrons. The fourth-order valence-electron chi connectivity index (χ4n) is 2.55. The van der Waals surface area contributed by atoms with Crippen molar-refractivity contribution in [3.8, 4) is 11.5 Å². The van der Waals surface area contributed by atoms with Crippen LogP contribution >= 0.6 is 0 Å². The minimum atomic E-state index is -1.17. The number of carbonyl (C=O) groups excluding carboxylic acids is 2. The molecule has 0 aliphatic rings. The standard InChI is InChI=1S/C23H23FO6/c1-4-13-29-23(26)21(15-17-7-11-19(27-2)20(14-17)28-3)30-22(25)12-8-16-5-9-18(24)10-6-16/h4-12,14,21H,1,13,15H2,2-3H3/b12-8+. The summed E-state index contributed by atoms with van der Waals surface area (Å²) in [6.45, 7) is 3.48. The molecule has 0 saturated heterocycles. The Labute approximate surface area is 174 Å². The third-order valence-electron chi connectivity index (χ3n) is 4.02. The fourth-order valence-corrected chi connectivity index (χ4v) is 2.55. The third kappa shape index (κ3) is 6.77. The molecule has 2 rings (SSSR count). The monoisotopic (exact) mass is 414 g/mol. The van der Waals surface area contributed by atoms with Gasteiger partial charge in [-0.25, -0.2) is 14.0 Å². The summed E-state index contributed by atoms with van der Waals surface area (Å²) in [5.41, 5.74) is 1.29. The van der Waals surface area contributed by atoms with Crippen LogP contribution in [0.2, 0.25) is 0 Å². The maximum absolute atomic E-state index is 13.0. The molecular formula is C23H23FO6. The summed E-state index contributed by atoms with van der Waals surface area (Å²) in [5.74, 6) is -0.801. The SMILES string of the molecule is C=CCOC(=O)C(Cc1ccc(OC)c(OC)c1)OC(=O)/C=C/c1ccc(F)cc1. The van der Waals surface area contributed by atoms with Crippen molar-refractivity contribution in [3.05, 3.63) is 78.1 Å². The molecule has 0 aliphatic carbocycles. The van der Waals surface area contributed by atoms with Crippen LogP contribution in [0.3, 0.4) is 0 Å². The summed E-state index contributed by atoms with van der Waals surface area (Å²) in [6, 6.07) is 10.7. The van der Waals surface area contributed by atoms with E-state index in [0.717, 1.165) is 6.08 Å². The van der Waals surface area contributed by atoms with Crippen LogP contribution in [0.15, 0.2) is 61.2 Å². The summed E-state index contributed by atoms with van der Waals surface area (Å²) in [5, 5.41) is 0. The normalized spacial score (nSPS) is 11.6. The Kier molecular flexibility index (Phi) is 8.62. The van der Waals surface area contributed by atoms with E-state index in [1.165, 1.54) is 50.6 Å². The number of esters is 2. The maximum atomic E-state index is 13.0. The maximum Gasteiger partial charge on any atom is 0.348 e. The number of rotatable bonds is 10. The van der Waals surface area contributed by atoms with Gasteiger partial charge in [-0.05, 0) is 41.5 Å². The number of halogens is 1. The second kappa shape index (κ2) is 11.4. The summed E-state index contributed by atoms with van der Waals surface area (Å²) in [6.07, 6.45) is 2.95. The van der Waals surface area contributed by atoms with Gasteiger partial charge in [-0.3, -0.25) is 0 Å². The topological polar surface area (TPSA) is 71.1 Å². The summed E-state index contributed by atoms with van der Waals surface area (Å²) in [4.78, 5) is 24.6. The van der Waals surface area contributed by atoms with Crippen molar-refractivity contribution in [2.45, 2.75) is 12.5 Å². The van der Waals surface area contributed by atoms with E-state index in [0.29, 0.717) is 22.6 Å². The van der Waals surface area contributed by atoms with Crippen LogP contribution in [0.5, 0.6) is 11.5 Å². The van der Waals surface area contributed by atoms with Gasteiger partial charge in [-0.1, -0.05) is 30.9 Å². The van der Waals surface area contributed by atoms with E-state index in [4.69, 9.17) is 18.9 Å². The largest absolute Gasteiger partial charge is 0.493 e. The number of hydrogen-bond acceptors (Lipinski definition) is 6.